The van der Waals surface area contributed by atoms with Crippen LogP contribution in [0.1, 0.15) is 36.1 Å². The van der Waals surface area contributed by atoms with Gasteiger partial charge in [0.25, 0.3) is 0 Å². The van der Waals surface area contributed by atoms with Gasteiger partial charge in [0.05, 0.1) is 22.3 Å². The zero-order valence-corrected chi connectivity index (χ0v) is 25.9. The fraction of sp³-hybridized carbons (Fsp3) is 0.226. The molecule has 2 N–H and O–H groups in total. The smallest absolute Gasteiger partial charge is 0.200 e. The number of hydrogen-bond donors (Lipinski definition) is 2. The predicted octanol–water partition coefficient (Wildman–Crippen LogP) is 8.16. The molecule has 0 spiro atoms. The van der Waals surface area contributed by atoms with Gasteiger partial charge in [-0.3, -0.25) is 0 Å². The zero-order valence-electron chi connectivity index (χ0n) is 25.9. The Labute approximate surface area is 289 Å². The Balaban J connectivity index is 2.12. The van der Waals surface area contributed by atoms with E-state index in [4.69, 9.17) is 9.47 Å². The maximum atomic E-state index is 15.5. The van der Waals surface area contributed by atoms with Gasteiger partial charge in [0.1, 0.15) is 12.2 Å². The van der Waals surface area contributed by atoms with Gasteiger partial charge in [0.15, 0.2) is 110 Å². The lowest BCUT2D eigenvalue weighted by Crippen LogP contribution is -2.57. The van der Waals surface area contributed by atoms with Crippen molar-refractivity contribution >= 4 is 0 Å². The maximum Gasteiger partial charge on any atom is 0.200 e. The predicted molar refractivity (Wildman–Crippen MR) is 135 cm³/mol. The average molecular weight is 826 g/mol. The van der Waals surface area contributed by atoms with Crippen LogP contribution < -0.4 is 0 Å². The summed E-state index contributed by atoms with van der Waals surface area (Å²) in [5.41, 5.74) is -24.0. The van der Waals surface area contributed by atoms with Gasteiger partial charge in [-0.1, -0.05) is 0 Å². The summed E-state index contributed by atoms with van der Waals surface area (Å²) in [7, 11) is 0. The molecule has 24 heteroatoms. The summed E-state index contributed by atoms with van der Waals surface area (Å²) < 4.78 is 308. The van der Waals surface area contributed by atoms with Crippen molar-refractivity contribution in [3.05, 3.63) is 139 Å². The molecule has 0 amide bonds. The SMILES string of the molecule is CC1(C)O[C@@H](C(O)(c2c(F)c(F)c(F)c(F)c2F)c2c(F)c(F)c(F)c(F)c2F)[C@@H](C(O)(c2c(F)c(F)c(F)c(F)c2F)c2c(F)c(F)c(F)c(F)c2F)O1. The highest BCUT2D eigenvalue weighted by Crippen LogP contribution is 2.55. The molecule has 0 aliphatic carbocycles. The van der Waals surface area contributed by atoms with Crippen LogP contribution in [0.5, 0.6) is 0 Å². The first-order valence-corrected chi connectivity index (χ1v) is 14.0. The van der Waals surface area contributed by atoms with Crippen LogP contribution in [0.3, 0.4) is 0 Å². The lowest BCUT2D eigenvalue weighted by Gasteiger charge is -2.42. The number of aliphatic hydroxyl groups is 2. The third-order valence-electron chi connectivity index (χ3n) is 8.28. The molecule has 1 aliphatic heterocycles. The molecule has 298 valence electrons. The highest BCUT2D eigenvalue weighted by Gasteiger charge is 2.67. The first-order chi connectivity index (χ1) is 25.1. The van der Waals surface area contributed by atoms with Gasteiger partial charge in [-0.25, -0.2) is 87.8 Å². The highest BCUT2D eigenvalue weighted by molar-refractivity contribution is 5.48. The molecule has 1 fully saturated rings. The van der Waals surface area contributed by atoms with Gasteiger partial charge < -0.3 is 19.7 Å². The molecule has 0 radical (unpaired) electrons. The summed E-state index contributed by atoms with van der Waals surface area (Å²) in [5, 5.41) is 23.8. The van der Waals surface area contributed by atoms with E-state index in [0.717, 1.165) is 0 Å². The Kier molecular flexibility index (Phi) is 9.97. The Morgan fingerprint density at radius 3 is 0.582 bits per heavy atom. The lowest BCUT2D eigenvalue weighted by atomic mass is 9.70. The van der Waals surface area contributed by atoms with Crippen molar-refractivity contribution in [2.45, 2.75) is 43.0 Å². The topological polar surface area (TPSA) is 58.9 Å². The number of halogens is 20. The van der Waals surface area contributed by atoms with Crippen LogP contribution in [0.4, 0.5) is 87.8 Å². The molecular weight excluding hydrogens is 816 g/mol. The fourth-order valence-corrected chi connectivity index (χ4v) is 5.95. The summed E-state index contributed by atoms with van der Waals surface area (Å²) in [6.07, 6.45) is -8.50. The van der Waals surface area contributed by atoms with Crippen molar-refractivity contribution in [2.75, 3.05) is 0 Å². The number of rotatable bonds is 6. The van der Waals surface area contributed by atoms with E-state index in [1.807, 2.05) is 0 Å². The third-order valence-corrected chi connectivity index (χ3v) is 8.28. The first kappa shape index (κ1) is 41.5. The second kappa shape index (κ2) is 13.2. The van der Waals surface area contributed by atoms with Crippen molar-refractivity contribution in [3.8, 4) is 0 Å². The Hall–Kier alpha value is -4.68. The molecule has 0 saturated carbocycles. The zero-order chi connectivity index (χ0) is 41.9. The summed E-state index contributed by atoms with van der Waals surface area (Å²) in [6.45, 7) is 0.685. The van der Waals surface area contributed by atoms with Crippen molar-refractivity contribution in [1.82, 2.24) is 0 Å². The van der Waals surface area contributed by atoms with Crippen LogP contribution in [0.15, 0.2) is 0 Å². The molecule has 0 bridgehead atoms. The van der Waals surface area contributed by atoms with Gasteiger partial charge in [-0.2, -0.15) is 0 Å². The number of ether oxygens (including phenoxy) is 2. The van der Waals surface area contributed by atoms with Crippen LogP contribution in [0.25, 0.3) is 0 Å². The van der Waals surface area contributed by atoms with E-state index in [0.29, 0.717) is 13.8 Å². The van der Waals surface area contributed by atoms with Crippen LogP contribution >= 0.6 is 0 Å². The normalized spacial score (nSPS) is 17.5. The third kappa shape index (κ3) is 5.53. The van der Waals surface area contributed by atoms with Gasteiger partial charge in [0.2, 0.25) is 23.3 Å². The van der Waals surface area contributed by atoms with Gasteiger partial charge in [-0.05, 0) is 13.8 Å². The molecular formula is C31H10F20O4. The monoisotopic (exact) mass is 826 g/mol. The lowest BCUT2D eigenvalue weighted by molar-refractivity contribution is -0.174. The van der Waals surface area contributed by atoms with Crippen molar-refractivity contribution < 1.29 is 107 Å². The standard InChI is InChI=1S/C31H10F20O4/c1-29(2)54-27(30(52,3-7(32)15(40)23(48)16(41)8(3)33)4-9(34)17(42)24(49)18(43)10(4)35)28(55-29)31(53,5-11(36)19(44)25(50)20(45)12(5)37)6-13(38)21(46)26(51)22(47)14(6)39/h27-28,52-53H,1-2H3/t27-,28+. The van der Waals surface area contributed by atoms with Gasteiger partial charge in [0, 0.05) is 0 Å². The molecule has 0 unspecified atom stereocenters. The molecule has 55 heavy (non-hydrogen) atoms. The van der Waals surface area contributed by atoms with E-state index in [1.165, 1.54) is 0 Å². The molecule has 4 aromatic carbocycles. The minimum absolute atomic E-state index is 0.342. The quantitative estimate of drug-likeness (QED) is 0.117. The van der Waals surface area contributed by atoms with Crippen LogP contribution in [0, 0.1) is 116 Å². The highest BCUT2D eigenvalue weighted by atomic mass is 19.2. The van der Waals surface area contributed by atoms with E-state index in [9.17, 15) is 62.9 Å². The van der Waals surface area contributed by atoms with E-state index in [1.54, 1.807) is 0 Å². The molecule has 4 aromatic rings. The Bertz CT molecular complexity index is 1910. The minimum atomic E-state index is -5.55. The second-order valence-corrected chi connectivity index (χ2v) is 11.8. The maximum absolute atomic E-state index is 15.5. The molecule has 1 heterocycles. The minimum Gasteiger partial charge on any atom is -0.377 e. The summed E-state index contributed by atoms with van der Waals surface area (Å²) in [6, 6.07) is 0. The largest absolute Gasteiger partial charge is 0.377 e. The van der Waals surface area contributed by atoms with E-state index >= 15 is 35.1 Å². The van der Waals surface area contributed by atoms with Crippen molar-refractivity contribution in [1.29, 1.82) is 0 Å². The van der Waals surface area contributed by atoms with Gasteiger partial charge in [-0.15, -0.1) is 0 Å². The Morgan fingerprint density at radius 1 is 0.309 bits per heavy atom. The van der Waals surface area contributed by atoms with Gasteiger partial charge >= 0.3 is 0 Å². The van der Waals surface area contributed by atoms with Crippen LogP contribution in [0.2, 0.25) is 0 Å². The van der Waals surface area contributed by atoms with Crippen LogP contribution in [-0.4, -0.2) is 28.2 Å². The molecule has 0 aromatic heterocycles. The van der Waals surface area contributed by atoms with E-state index in [-0.39, 0.29) is 0 Å². The fourth-order valence-electron chi connectivity index (χ4n) is 5.95. The summed E-state index contributed by atoms with van der Waals surface area (Å²) >= 11 is 0. The first-order valence-electron chi connectivity index (χ1n) is 14.0. The van der Waals surface area contributed by atoms with Crippen molar-refractivity contribution in [2.24, 2.45) is 0 Å². The number of hydrogen-bond acceptors (Lipinski definition) is 4. The molecule has 2 atom stereocenters. The summed E-state index contributed by atoms with van der Waals surface area (Å²) in [5.74, 6) is -70.1. The van der Waals surface area contributed by atoms with Crippen LogP contribution in [-0.2, 0) is 20.7 Å². The molecule has 5 rings (SSSR count). The molecule has 1 saturated heterocycles. The Morgan fingerprint density at radius 2 is 0.436 bits per heavy atom. The van der Waals surface area contributed by atoms with E-state index < -0.39 is 168 Å². The second-order valence-electron chi connectivity index (χ2n) is 11.8. The van der Waals surface area contributed by atoms with Crippen molar-refractivity contribution in [3.63, 3.8) is 0 Å². The molecule has 1 aliphatic rings. The molecule has 4 nitrogen and oxygen atoms in total. The van der Waals surface area contributed by atoms with E-state index in [2.05, 4.69) is 0 Å². The summed E-state index contributed by atoms with van der Waals surface area (Å²) in [4.78, 5) is 0. The average Bonchev–Trinajstić information content (AvgIpc) is 3.47. The number of benzene rings is 4.